The normalized spacial score (nSPS) is 15.3. The summed E-state index contributed by atoms with van der Waals surface area (Å²) in [5.74, 6) is 0.124. The van der Waals surface area contributed by atoms with Crippen molar-refractivity contribution in [1.82, 2.24) is 20.1 Å². The maximum atomic E-state index is 14.5. The van der Waals surface area contributed by atoms with E-state index >= 15 is 0 Å². The zero-order chi connectivity index (χ0) is 20.9. The molecule has 4 rings (SSSR count). The highest BCUT2D eigenvalue weighted by Gasteiger charge is 2.24. The average Bonchev–Trinajstić information content (AvgIpc) is 3.40. The minimum Gasteiger partial charge on any atom is -0.352 e. The lowest BCUT2D eigenvalue weighted by molar-refractivity contribution is -0.120. The predicted octanol–water partition coefficient (Wildman–Crippen LogP) is 4.67. The zero-order valence-electron chi connectivity index (χ0n) is 16.9. The second-order valence-corrected chi connectivity index (χ2v) is 8.92. The Kier molecular flexibility index (Phi) is 6.47. The van der Waals surface area contributed by atoms with E-state index in [1.807, 2.05) is 41.8 Å². The first-order chi connectivity index (χ1) is 14.6. The summed E-state index contributed by atoms with van der Waals surface area (Å²) >= 11 is 1.36. The smallest absolute Gasteiger partial charge is 0.233 e. The summed E-state index contributed by atoms with van der Waals surface area (Å²) in [6.45, 7) is 2.37. The Bertz CT molecular complexity index is 1000. The Morgan fingerprint density at radius 3 is 2.57 bits per heavy atom. The van der Waals surface area contributed by atoms with E-state index in [4.69, 9.17) is 0 Å². The second-order valence-electron chi connectivity index (χ2n) is 7.61. The summed E-state index contributed by atoms with van der Waals surface area (Å²) < 4.78 is 16.4. The van der Waals surface area contributed by atoms with E-state index in [1.54, 1.807) is 18.2 Å². The van der Waals surface area contributed by atoms with Crippen LogP contribution < -0.4 is 5.32 Å². The molecule has 1 aliphatic carbocycles. The van der Waals surface area contributed by atoms with Crippen molar-refractivity contribution in [2.24, 2.45) is 0 Å². The summed E-state index contributed by atoms with van der Waals surface area (Å²) in [7, 11) is 0. The fraction of sp³-hybridized carbons (Fsp3) is 0.348. The Labute approximate surface area is 180 Å². The highest BCUT2D eigenvalue weighted by atomic mass is 32.2. The van der Waals surface area contributed by atoms with Crippen LogP contribution in [0.2, 0.25) is 0 Å². The van der Waals surface area contributed by atoms with Gasteiger partial charge in [0.15, 0.2) is 11.0 Å². The molecule has 0 saturated heterocycles. The number of hydrogen-bond donors (Lipinski definition) is 1. The maximum absolute atomic E-state index is 14.5. The van der Waals surface area contributed by atoms with Gasteiger partial charge in [-0.05, 0) is 37.5 Å². The van der Waals surface area contributed by atoms with Gasteiger partial charge in [-0.2, -0.15) is 0 Å². The number of hydrogen-bond acceptors (Lipinski definition) is 4. The van der Waals surface area contributed by atoms with Crippen molar-refractivity contribution in [3.63, 3.8) is 0 Å². The highest BCUT2D eigenvalue weighted by Crippen LogP contribution is 2.29. The van der Waals surface area contributed by atoms with Gasteiger partial charge in [0, 0.05) is 6.04 Å². The zero-order valence-corrected chi connectivity index (χ0v) is 17.7. The van der Waals surface area contributed by atoms with Crippen molar-refractivity contribution in [2.45, 2.75) is 55.6 Å². The number of aromatic nitrogens is 3. The molecule has 1 saturated carbocycles. The molecule has 1 fully saturated rings. The third-order valence-corrected chi connectivity index (χ3v) is 6.45. The summed E-state index contributed by atoms with van der Waals surface area (Å²) in [6, 6.07) is 16.7. The molecule has 0 bridgehead atoms. The number of carbonyl (C=O) groups excluding carboxylic acids is 1. The number of carbonyl (C=O) groups is 1. The summed E-state index contributed by atoms with van der Waals surface area (Å²) in [5, 5.41) is 12.0. The lowest BCUT2D eigenvalue weighted by Gasteiger charge is -2.17. The van der Waals surface area contributed by atoms with E-state index in [2.05, 4.69) is 15.5 Å². The lowest BCUT2D eigenvalue weighted by Crippen LogP contribution is -2.37. The van der Waals surface area contributed by atoms with E-state index in [0.717, 1.165) is 18.4 Å². The molecule has 1 atom stereocenters. The fourth-order valence-corrected chi connectivity index (χ4v) is 4.58. The Morgan fingerprint density at radius 2 is 1.83 bits per heavy atom. The van der Waals surface area contributed by atoms with E-state index < -0.39 is 0 Å². The number of nitrogens with zero attached hydrogens (tertiary/aromatic N) is 3. The van der Waals surface area contributed by atoms with Crippen LogP contribution in [0.1, 0.15) is 38.2 Å². The van der Waals surface area contributed by atoms with E-state index in [0.29, 0.717) is 23.1 Å². The molecule has 156 valence electrons. The van der Waals surface area contributed by atoms with Crippen molar-refractivity contribution in [3.8, 4) is 11.4 Å². The van der Waals surface area contributed by atoms with Crippen LogP contribution in [0.4, 0.5) is 4.39 Å². The standard InChI is InChI=1S/C23H25FN4OS/c1-16(22(29)25-18-11-5-6-12-18)30-23-27-26-21(19-13-7-8-14-20(19)24)28(23)15-17-9-3-2-4-10-17/h2-4,7-10,13-14,16,18H,5-6,11-12,15H2,1H3,(H,25,29)/t16-/m1/s1. The van der Waals surface area contributed by atoms with Gasteiger partial charge in [0.2, 0.25) is 5.91 Å². The SMILES string of the molecule is C[C@@H](Sc1nnc(-c2ccccc2F)n1Cc1ccccc1)C(=O)NC1CCCC1. The molecule has 5 nitrogen and oxygen atoms in total. The summed E-state index contributed by atoms with van der Waals surface area (Å²) in [6.07, 6.45) is 4.43. The molecule has 1 heterocycles. The van der Waals surface area contributed by atoms with E-state index in [1.165, 1.54) is 30.7 Å². The van der Waals surface area contributed by atoms with Gasteiger partial charge in [-0.25, -0.2) is 4.39 Å². The monoisotopic (exact) mass is 424 g/mol. The topological polar surface area (TPSA) is 59.8 Å². The molecule has 3 aromatic rings. The van der Waals surface area contributed by atoms with Gasteiger partial charge in [-0.1, -0.05) is 67.1 Å². The Balaban J connectivity index is 1.60. The summed E-state index contributed by atoms with van der Waals surface area (Å²) in [5.41, 5.74) is 1.45. The second kappa shape index (κ2) is 9.43. The van der Waals surface area contributed by atoms with E-state index in [9.17, 15) is 9.18 Å². The van der Waals surface area contributed by atoms with Gasteiger partial charge >= 0.3 is 0 Å². The largest absolute Gasteiger partial charge is 0.352 e. The molecule has 1 amide bonds. The fourth-order valence-electron chi connectivity index (χ4n) is 3.73. The van der Waals surface area contributed by atoms with Gasteiger partial charge < -0.3 is 5.32 Å². The van der Waals surface area contributed by atoms with Gasteiger partial charge in [0.25, 0.3) is 0 Å². The number of rotatable bonds is 7. The number of benzene rings is 2. The Hall–Kier alpha value is -2.67. The quantitative estimate of drug-likeness (QED) is 0.560. The predicted molar refractivity (Wildman–Crippen MR) is 117 cm³/mol. The first kappa shape index (κ1) is 20.6. The van der Waals surface area contributed by atoms with Crippen LogP contribution in [0.3, 0.4) is 0 Å². The molecule has 0 aliphatic heterocycles. The first-order valence-electron chi connectivity index (χ1n) is 10.3. The van der Waals surface area contributed by atoms with Crippen LogP contribution in [-0.2, 0) is 11.3 Å². The third-order valence-electron chi connectivity index (χ3n) is 5.37. The van der Waals surface area contributed by atoms with Crippen molar-refractivity contribution in [3.05, 3.63) is 66.0 Å². The minimum atomic E-state index is -0.345. The van der Waals surface area contributed by atoms with Crippen molar-refractivity contribution in [1.29, 1.82) is 0 Å². The van der Waals surface area contributed by atoms with Gasteiger partial charge in [0.05, 0.1) is 17.4 Å². The molecule has 0 radical (unpaired) electrons. The molecule has 0 unspecified atom stereocenters. The lowest BCUT2D eigenvalue weighted by atomic mass is 10.2. The average molecular weight is 425 g/mol. The van der Waals surface area contributed by atoms with Gasteiger partial charge in [0.1, 0.15) is 5.82 Å². The van der Waals surface area contributed by atoms with Crippen molar-refractivity contribution >= 4 is 17.7 Å². The molecule has 7 heteroatoms. The van der Waals surface area contributed by atoms with Gasteiger partial charge in [-0.3, -0.25) is 9.36 Å². The van der Waals surface area contributed by atoms with Crippen LogP contribution in [-0.4, -0.2) is 32.0 Å². The molecule has 2 aromatic carbocycles. The minimum absolute atomic E-state index is 0.00797. The molecular weight excluding hydrogens is 399 g/mol. The van der Waals surface area contributed by atoms with Crippen LogP contribution >= 0.6 is 11.8 Å². The van der Waals surface area contributed by atoms with Gasteiger partial charge in [-0.15, -0.1) is 10.2 Å². The first-order valence-corrected chi connectivity index (χ1v) is 11.2. The molecule has 0 spiro atoms. The summed E-state index contributed by atoms with van der Waals surface area (Å²) in [4.78, 5) is 12.7. The number of amides is 1. The van der Waals surface area contributed by atoms with Crippen LogP contribution in [0.15, 0.2) is 59.8 Å². The van der Waals surface area contributed by atoms with Crippen molar-refractivity contribution in [2.75, 3.05) is 0 Å². The number of nitrogens with one attached hydrogen (secondary N) is 1. The van der Waals surface area contributed by atoms with Crippen molar-refractivity contribution < 1.29 is 9.18 Å². The van der Waals surface area contributed by atoms with Crippen LogP contribution in [0.25, 0.3) is 11.4 Å². The molecular formula is C23H25FN4OS. The number of thioether (sulfide) groups is 1. The highest BCUT2D eigenvalue weighted by molar-refractivity contribution is 8.00. The Morgan fingerprint density at radius 1 is 1.13 bits per heavy atom. The number of halogens is 1. The van der Waals surface area contributed by atoms with E-state index in [-0.39, 0.29) is 23.0 Å². The molecule has 1 aliphatic rings. The third kappa shape index (κ3) is 4.73. The van der Waals surface area contributed by atoms with Crippen LogP contribution in [0.5, 0.6) is 0 Å². The molecule has 1 N–H and O–H groups in total. The maximum Gasteiger partial charge on any atom is 0.233 e. The molecule has 1 aromatic heterocycles. The van der Waals surface area contributed by atoms with Crippen LogP contribution in [0, 0.1) is 5.82 Å². The molecule has 30 heavy (non-hydrogen) atoms.